The first-order chi connectivity index (χ1) is 11.5. The van der Waals surface area contributed by atoms with Gasteiger partial charge >= 0.3 is 12.6 Å². The fourth-order valence-electron chi connectivity index (χ4n) is 2.15. The SMILES string of the molecule is CC(NC(=O)N(C)Cc1ccncc1)c1ccc(OC(F)F)cc1. The molecule has 0 saturated heterocycles. The van der Waals surface area contributed by atoms with Crippen LogP contribution in [0.2, 0.25) is 0 Å². The molecule has 0 bridgehead atoms. The van der Waals surface area contributed by atoms with Gasteiger partial charge in [-0.05, 0) is 42.3 Å². The number of hydrogen-bond acceptors (Lipinski definition) is 3. The molecule has 1 heterocycles. The molecule has 2 aromatic rings. The minimum absolute atomic E-state index is 0.0853. The van der Waals surface area contributed by atoms with Gasteiger partial charge in [-0.1, -0.05) is 12.1 Å². The zero-order valence-corrected chi connectivity index (χ0v) is 13.4. The van der Waals surface area contributed by atoms with Crippen LogP contribution < -0.4 is 10.1 Å². The van der Waals surface area contributed by atoms with E-state index in [-0.39, 0.29) is 17.8 Å². The first-order valence-corrected chi connectivity index (χ1v) is 7.41. The number of urea groups is 1. The minimum Gasteiger partial charge on any atom is -0.435 e. The number of rotatable bonds is 6. The number of nitrogens with zero attached hydrogens (tertiary/aromatic N) is 2. The molecule has 1 aromatic heterocycles. The molecule has 7 heteroatoms. The Bertz CT molecular complexity index is 651. The maximum atomic E-state index is 12.2. The fourth-order valence-corrected chi connectivity index (χ4v) is 2.15. The van der Waals surface area contributed by atoms with Crippen LogP contribution in [0.15, 0.2) is 48.8 Å². The number of aromatic nitrogens is 1. The van der Waals surface area contributed by atoms with Crippen LogP contribution in [0.4, 0.5) is 13.6 Å². The average Bonchev–Trinajstić information content (AvgIpc) is 2.55. The van der Waals surface area contributed by atoms with Gasteiger partial charge in [0.2, 0.25) is 0 Å². The van der Waals surface area contributed by atoms with Crippen LogP contribution in [0, 0.1) is 0 Å². The summed E-state index contributed by atoms with van der Waals surface area (Å²) in [6.45, 7) is -0.571. The van der Waals surface area contributed by atoms with E-state index in [4.69, 9.17) is 0 Å². The Kier molecular flexibility index (Phi) is 6.06. The third-order valence-electron chi connectivity index (χ3n) is 3.46. The molecule has 24 heavy (non-hydrogen) atoms. The molecule has 0 radical (unpaired) electrons. The lowest BCUT2D eigenvalue weighted by atomic mass is 10.1. The predicted octanol–water partition coefficient (Wildman–Crippen LogP) is 3.59. The maximum absolute atomic E-state index is 12.2. The topological polar surface area (TPSA) is 54.5 Å². The minimum atomic E-state index is -2.85. The van der Waals surface area contributed by atoms with Gasteiger partial charge in [0.05, 0.1) is 6.04 Å². The number of halogens is 2. The van der Waals surface area contributed by atoms with Crippen molar-refractivity contribution in [1.82, 2.24) is 15.2 Å². The molecule has 0 saturated carbocycles. The van der Waals surface area contributed by atoms with Gasteiger partial charge in [-0.15, -0.1) is 0 Å². The summed E-state index contributed by atoms with van der Waals surface area (Å²) in [6.07, 6.45) is 3.35. The molecular weight excluding hydrogens is 316 g/mol. The molecule has 1 unspecified atom stereocenters. The average molecular weight is 335 g/mol. The number of nitrogens with one attached hydrogen (secondary N) is 1. The van der Waals surface area contributed by atoms with Crippen molar-refractivity contribution in [1.29, 1.82) is 0 Å². The van der Waals surface area contributed by atoms with E-state index >= 15 is 0 Å². The van der Waals surface area contributed by atoms with E-state index in [1.807, 2.05) is 19.1 Å². The largest absolute Gasteiger partial charge is 0.435 e. The van der Waals surface area contributed by atoms with Gasteiger partial charge in [0.1, 0.15) is 5.75 Å². The summed E-state index contributed by atoms with van der Waals surface area (Å²) in [4.78, 5) is 17.7. The normalized spacial score (nSPS) is 11.9. The van der Waals surface area contributed by atoms with Crippen molar-refractivity contribution in [3.05, 3.63) is 59.9 Å². The molecule has 2 rings (SSSR count). The molecule has 5 nitrogen and oxygen atoms in total. The van der Waals surface area contributed by atoms with E-state index in [0.29, 0.717) is 6.54 Å². The van der Waals surface area contributed by atoms with Crippen molar-refractivity contribution in [2.45, 2.75) is 26.1 Å². The van der Waals surface area contributed by atoms with Crippen LogP contribution in [0.25, 0.3) is 0 Å². The smallest absolute Gasteiger partial charge is 0.387 e. The quantitative estimate of drug-likeness (QED) is 0.878. The summed E-state index contributed by atoms with van der Waals surface area (Å²) >= 11 is 0. The zero-order chi connectivity index (χ0) is 17.5. The van der Waals surface area contributed by atoms with Crippen molar-refractivity contribution >= 4 is 6.03 Å². The summed E-state index contributed by atoms with van der Waals surface area (Å²) in [5.41, 5.74) is 1.77. The molecule has 0 aliphatic heterocycles. The summed E-state index contributed by atoms with van der Waals surface area (Å²) in [5, 5.41) is 2.86. The highest BCUT2D eigenvalue weighted by Crippen LogP contribution is 2.19. The van der Waals surface area contributed by atoms with E-state index in [1.165, 1.54) is 12.1 Å². The van der Waals surface area contributed by atoms with Crippen molar-refractivity contribution < 1.29 is 18.3 Å². The van der Waals surface area contributed by atoms with Gasteiger partial charge in [0.15, 0.2) is 0 Å². The molecule has 0 aliphatic carbocycles. The van der Waals surface area contributed by atoms with E-state index in [9.17, 15) is 13.6 Å². The van der Waals surface area contributed by atoms with Crippen molar-refractivity contribution in [3.63, 3.8) is 0 Å². The summed E-state index contributed by atoms with van der Waals surface area (Å²) in [7, 11) is 1.70. The molecule has 2 amide bonds. The third kappa shape index (κ3) is 5.19. The van der Waals surface area contributed by atoms with Gasteiger partial charge in [-0.25, -0.2) is 4.79 Å². The number of ether oxygens (including phenoxy) is 1. The fraction of sp³-hybridized carbons (Fsp3) is 0.294. The highest BCUT2D eigenvalue weighted by Gasteiger charge is 2.14. The number of carbonyl (C=O) groups is 1. The highest BCUT2D eigenvalue weighted by molar-refractivity contribution is 5.74. The van der Waals surface area contributed by atoms with Crippen molar-refractivity contribution in [2.24, 2.45) is 0 Å². The van der Waals surface area contributed by atoms with Crippen LogP contribution >= 0.6 is 0 Å². The Balaban J connectivity index is 1.90. The standard InChI is InChI=1S/C17H19F2N3O2/c1-12(14-3-5-15(6-4-14)24-16(18)19)21-17(23)22(2)11-13-7-9-20-10-8-13/h3-10,12,16H,11H2,1-2H3,(H,21,23). The third-order valence-corrected chi connectivity index (χ3v) is 3.46. The maximum Gasteiger partial charge on any atom is 0.387 e. The van der Waals surface area contributed by atoms with Crippen LogP contribution in [0.1, 0.15) is 24.1 Å². The summed E-state index contributed by atoms with van der Waals surface area (Å²) in [5.74, 6) is 0.0853. The van der Waals surface area contributed by atoms with Gasteiger partial charge in [-0.2, -0.15) is 8.78 Å². The number of carbonyl (C=O) groups excluding carboxylic acids is 1. The number of hydrogen-bond donors (Lipinski definition) is 1. The van der Waals surface area contributed by atoms with Crippen molar-refractivity contribution in [3.8, 4) is 5.75 Å². The lowest BCUT2D eigenvalue weighted by Gasteiger charge is -2.22. The molecular formula is C17H19F2N3O2. The predicted molar refractivity (Wildman–Crippen MR) is 85.7 cm³/mol. The number of amides is 2. The van der Waals surface area contributed by atoms with Gasteiger partial charge in [-0.3, -0.25) is 4.98 Å². The first-order valence-electron chi connectivity index (χ1n) is 7.41. The molecule has 0 fully saturated rings. The monoisotopic (exact) mass is 335 g/mol. The number of benzene rings is 1. The second kappa shape index (κ2) is 8.24. The molecule has 1 atom stereocenters. The van der Waals surface area contributed by atoms with Crippen LogP contribution in [-0.4, -0.2) is 29.6 Å². The zero-order valence-electron chi connectivity index (χ0n) is 13.4. The van der Waals surface area contributed by atoms with Crippen LogP contribution in [0.5, 0.6) is 5.75 Å². The molecule has 0 spiro atoms. The van der Waals surface area contributed by atoms with Crippen LogP contribution in [0.3, 0.4) is 0 Å². The Morgan fingerprint density at radius 2 is 1.83 bits per heavy atom. The number of pyridine rings is 1. The lowest BCUT2D eigenvalue weighted by Crippen LogP contribution is -2.38. The Labute approximate surface area is 139 Å². The van der Waals surface area contributed by atoms with Gasteiger partial charge < -0.3 is 15.0 Å². The Morgan fingerprint density at radius 3 is 2.42 bits per heavy atom. The van der Waals surface area contributed by atoms with E-state index in [2.05, 4.69) is 15.0 Å². The van der Waals surface area contributed by atoms with Crippen molar-refractivity contribution in [2.75, 3.05) is 7.05 Å². The van der Waals surface area contributed by atoms with E-state index in [1.54, 1.807) is 36.5 Å². The Morgan fingerprint density at radius 1 is 1.21 bits per heavy atom. The molecule has 1 N–H and O–H groups in total. The molecule has 0 aliphatic rings. The van der Waals surface area contributed by atoms with E-state index in [0.717, 1.165) is 11.1 Å². The lowest BCUT2D eigenvalue weighted by molar-refractivity contribution is -0.0498. The highest BCUT2D eigenvalue weighted by atomic mass is 19.3. The second-order valence-electron chi connectivity index (χ2n) is 5.33. The second-order valence-corrected chi connectivity index (χ2v) is 5.33. The summed E-state index contributed by atoms with van der Waals surface area (Å²) < 4.78 is 28.6. The van der Waals surface area contributed by atoms with Gasteiger partial charge in [0, 0.05) is 26.0 Å². The Hall–Kier alpha value is -2.70. The first kappa shape index (κ1) is 17.7. The van der Waals surface area contributed by atoms with Gasteiger partial charge in [0.25, 0.3) is 0 Å². The summed E-state index contributed by atoms with van der Waals surface area (Å²) in [6, 6.07) is 9.38. The number of alkyl halides is 2. The van der Waals surface area contributed by atoms with E-state index < -0.39 is 6.61 Å². The molecule has 128 valence electrons. The molecule has 1 aromatic carbocycles. The van der Waals surface area contributed by atoms with Crippen LogP contribution in [-0.2, 0) is 6.54 Å².